The summed E-state index contributed by atoms with van der Waals surface area (Å²) in [6, 6.07) is 9.86. The molecular formula is C20H29N3O3. The Labute approximate surface area is 155 Å². The van der Waals surface area contributed by atoms with Crippen LogP contribution in [0.1, 0.15) is 25.3 Å². The van der Waals surface area contributed by atoms with Gasteiger partial charge in [-0.2, -0.15) is 0 Å². The van der Waals surface area contributed by atoms with Crippen LogP contribution in [0.15, 0.2) is 30.3 Å². The van der Waals surface area contributed by atoms with Crippen LogP contribution in [0.25, 0.3) is 0 Å². The maximum atomic E-state index is 12.6. The number of nitrogens with one attached hydrogen (secondary N) is 1. The molecule has 26 heavy (non-hydrogen) atoms. The van der Waals surface area contributed by atoms with Crippen LogP contribution in [0, 0.1) is 5.92 Å². The van der Waals surface area contributed by atoms with Crippen molar-refractivity contribution in [1.82, 2.24) is 15.1 Å². The van der Waals surface area contributed by atoms with Crippen molar-refractivity contribution in [2.24, 2.45) is 5.92 Å². The van der Waals surface area contributed by atoms with Crippen molar-refractivity contribution in [1.29, 1.82) is 0 Å². The topological polar surface area (TPSA) is 61.9 Å². The SMILES string of the molecule is C[C@H](NC(=O)N1CCOCC1)C(=O)N1CCC(Cc2ccccc2)CC1. The molecule has 1 aromatic rings. The molecule has 3 amide bonds. The van der Waals surface area contributed by atoms with Gasteiger partial charge in [0.05, 0.1) is 13.2 Å². The van der Waals surface area contributed by atoms with Gasteiger partial charge >= 0.3 is 6.03 Å². The molecule has 142 valence electrons. The van der Waals surface area contributed by atoms with Crippen LogP contribution >= 0.6 is 0 Å². The van der Waals surface area contributed by atoms with E-state index >= 15 is 0 Å². The number of hydrogen-bond donors (Lipinski definition) is 1. The van der Waals surface area contributed by atoms with E-state index in [0.29, 0.717) is 32.2 Å². The van der Waals surface area contributed by atoms with Crippen molar-refractivity contribution in [2.45, 2.75) is 32.2 Å². The second-order valence-electron chi connectivity index (χ2n) is 7.23. The number of amides is 3. The fourth-order valence-corrected chi connectivity index (χ4v) is 3.68. The zero-order valence-corrected chi connectivity index (χ0v) is 15.5. The Kier molecular flexibility index (Phi) is 6.50. The van der Waals surface area contributed by atoms with Gasteiger partial charge in [0.25, 0.3) is 0 Å². The lowest BCUT2D eigenvalue weighted by Crippen LogP contribution is -2.54. The Balaban J connectivity index is 1.43. The molecule has 0 spiro atoms. The van der Waals surface area contributed by atoms with Gasteiger partial charge in [-0.25, -0.2) is 4.79 Å². The minimum Gasteiger partial charge on any atom is -0.378 e. The molecule has 0 saturated carbocycles. The third kappa shape index (κ3) is 4.97. The maximum Gasteiger partial charge on any atom is 0.318 e. The lowest BCUT2D eigenvalue weighted by atomic mass is 9.90. The normalized spacial score (nSPS) is 19.9. The van der Waals surface area contributed by atoms with E-state index in [0.717, 1.165) is 32.4 Å². The van der Waals surface area contributed by atoms with Crippen molar-refractivity contribution in [3.8, 4) is 0 Å². The Morgan fingerprint density at radius 2 is 1.73 bits per heavy atom. The molecule has 0 aliphatic carbocycles. The molecule has 1 aromatic carbocycles. The second kappa shape index (κ2) is 9.03. The fraction of sp³-hybridized carbons (Fsp3) is 0.600. The summed E-state index contributed by atoms with van der Waals surface area (Å²) in [5.74, 6) is 0.643. The molecule has 2 heterocycles. The zero-order valence-electron chi connectivity index (χ0n) is 15.5. The van der Waals surface area contributed by atoms with Crippen LogP contribution < -0.4 is 5.32 Å². The number of ether oxygens (including phenoxy) is 1. The number of hydrogen-bond acceptors (Lipinski definition) is 3. The highest BCUT2D eigenvalue weighted by Crippen LogP contribution is 2.22. The number of carbonyl (C=O) groups is 2. The summed E-state index contributed by atoms with van der Waals surface area (Å²) in [6.07, 6.45) is 3.11. The van der Waals surface area contributed by atoms with Gasteiger partial charge < -0.3 is 19.9 Å². The van der Waals surface area contributed by atoms with E-state index in [1.807, 2.05) is 11.0 Å². The Morgan fingerprint density at radius 3 is 2.38 bits per heavy atom. The smallest absolute Gasteiger partial charge is 0.318 e. The first-order valence-corrected chi connectivity index (χ1v) is 9.59. The molecule has 2 aliphatic heterocycles. The second-order valence-corrected chi connectivity index (χ2v) is 7.23. The summed E-state index contributed by atoms with van der Waals surface area (Å²) in [6.45, 7) is 5.60. The third-order valence-electron chi connectivity index (χ3n) is 5.30. The third-order valence-corrected chi connectivity index (χ3v) is 5.30. The molecule has 0 bridgehead atoms. The summed E-state index contributed by atoms with van der Waals surface area (Å²) in [5, 5.41) is 2.84. The number of morpholine rings is 1. The first kappa shape index (κ1) is 18.7. The van der Waals surface area contributed by atoms with Crippen LogP contribution in [-0.2, 0) is 16.0 Å². The lowest BCUT2D eigenvalue weighted by Gasteiger charge is -2.34. The summed E-state index contributed by atoms with van der Waals surface area (Å²) in [4.78, 5) is 28.5. The lowest BCUT2D eigenvalue weighted by molar-refractivity contribution is -0.134. The van der Waals surface area contributed by atoms with E-state index in [4.69, 9.17) is 4.74 Å². The van der Waals surface area contributed by atoms with Crippen molar-refractivity contribution >= 4 is 11.9 Å². The first-order valence-electron chi connectivity index (χ1n) is 9.59. The molecule has 0 radical (unpaired) electrons. The largest absolute Gasteiger partial charge is 0.378 e. The van der Waals surface area contributed by atoms with Crippen molar-refractivity contribution in [2.75, 3.05) is 39.4 Å². The van der Waals surface area contributed by atoms with E-state index in [9.17, 15) is 9.59 Å². The van der Waals surface area contributed by atoms with E-state index < -0.39 is 6.04 Å². The minimum absolute atomic E-state index is 0.0183. The van der Waals surface area contributed by atoms with Gasteiger partial charge in [0.15, 0.2) is 0 Å². The van der Waals surface area contributed by atoms with Crippen LogP contribution in [0.5, 0.6) is 0 Å². The summed E-state index contributed by atoms with van der Waals surface area (Å²) in [7, 11) is 0. The fourth-order valence-electron chi connectivity index (χ4n) is 3.68. The molecule has 0 unspecified atom stereocenters. The van der Waals surface area contributed by atoms with Crippen LogP contribution in [0.3, 0.4) is 0 Å². The highest BCUT2D eigenvalue weighted by molar-refractivity contribution is 5.86. The van der Waals surface area contributed by atoms with E-state index in [1.54, 1.807) is 11.8 Å². The number of urea groups is 1. The Bertz CT molecular complexity index is 594. The van der Waals surface area contributed by atoms with Gasteiger partial charge in [-0.05, 0) is 37.7 Å². The van der Waals surface area contributed by atoms with E-state index in [1.165, 1.54) is 5.56 Å². The molecule has 2 aliphatic rings. The number of nitrogens with zero attached hydrogens (tertiary/aromatic N) is 2. The van der Waals surface area contributed by atoms with Gasteiger partial charge in [0, 0.05) is 26.2 Å². The molecule has 3 rings (SSSR count). The predicted octanol–water partition coefficient (Wildman–Crippen LogP) is 1.90. The predicted molar refractivity (Wildman–Crippen MR) is 99.8 cm³/mol. The van der Waals surface area contributed by atoms with Gasteiger partial charge in [0.2, 0.25) is 5.91 Å². The van der Waals surface area contributed by atoms with Gasteiger partial charge in [-0.1, -0.05) is 30.3 Å². The average molecular weight is 359 g/mol. The zero-order chi connectivity index (χ0) is 18.4. The van der Waals surface area contributed by atoms with Crippen molar-refractivity contribution in [3.63, 3.8) is 0 Å². The van der Waals surface area contributed by atoms with Gasteiger partial charge in [-0.3, -0.25) is 4.79 Å². The van der Waals surface area contributed by atoms with Crippen LogP contribution in [0.2, 0.25) is 0 Å². The first-order chi connectivity index (χ1) is 12.6. The standard InChI is InChI=1S/C20H29N3O3/c1-16(21-20(25)23-11-13-26-14-12-23)19(24)22-9-7-18(8-10-22)15-17-5-3-2-4-6-17/h2-6,16,18H,7-15H2,1H3,(H,21,25)/t16-/m0/s1. The Hall–Kier alpha value is -2.08. The van der Waals surface area contributed by atoms with Gasteiger partial charge in [-0.15, -0.1) is 0 Å². The quantitative estimate of drug-likeness (QED) is 0.893. The molecule has 1 atom stereocenters. The molecule has 6 heteroatoms. The summed E-state index contributed by atoms with van der Waals surface area (Å²) < 4.78 is 5.25. The number of likely N-dealkylation sites (tertiary alicyclic amines) is 1. The van der Waals surface area contributed by atoms with Crippen LogP contribution in [0.4, 0.5) is 4.79 Å². The number of piperidine rings is 1. The number of carbonyl (C=O) groups excluding carboxylic acids is 2. The van der Waals surface area contributed by atoms with E-state index in [2.05, 4.69) is 29.6 Å². The number of rotatable bonds is 4. The molecule has 1 N–H and O–H groups in total. The maximum absolute atomic E-state index is 12.6. The van der Waals surface area contributed by atoms with Crippen molar-refractivity contribution < 1.29 is 14.3 Å². The summed E-state index contributed by atoms with van der Waals surface area (Å²) in [5.41, 5.74) is 1.36. The minimum atomic E-state index is -0.490. The van der Waals surface area contributed by atoms with Gasteiger partial charge in [0.1, 0.15) is 6.04 Å². The average Bonchev–Trinajstić information content (AvgIpc) is 2.69. The van der Waals surface area contributed by atoms with Crippen LogP contribution in [-0.4, -0.2) is 67.2 Å². The molecule has 2 saturated heterocycles. The van der Waals surface area contributed by atoms with E-state index in [-0.39, 0.29) is 11.9 Å². The molecule has 2 fully saturated rings. The highest BCUT2D eigenvalue weighted by Gasteiger charge is 2.28. The Morgan fingerprint density at radius 1 is 1.08 bits per heavy atom. The van der Waals surface area contributed by atoms with Crippen molar-refractivity contribution in [3.05, 3.63) is 35.9 Å². The molecular weight excluding hydrogens is 330 g/mol. The molecule has 6 nitrogen and oxygen atoms in total. The molecule has 0 aromatic heterocycles. The highest BCUT2D eigenvalue weighted by atomic mass is 16.5. The number of benzene rings is 1. The monoisotopic (exact) mass is 359 g/mol. The summed E-state index contributed by atoms with van der Waals surface area (Å²) >= 11 is 0.